The summed E-state index contributed by atoms with van der Waals surface area (Å²) in [5, 5.41) is 3.33. The molecule has 1 aromatic rings. The highest BCUT2D eigenvalue weighted by Gasteiger charge is 2.09. The van der Waals surface area contributed by atoms with Crippen molar-refractivity contribution in [2.75, 3.05) is 6.54 Å². The zero-order valence-electron chi connectivity index (χ0n) is 10.2. The first-order chi connectivity index (χ1) is 8.00. The quantitative estimate of drug-likeness (QED) is 0.619. The van der Waals surface area contributed by atoms with E-state index in [9.17, 15) is 4.79 Å². The molecule has 0 saturated carbocycles. The number of carbonyl (C=O) groups excluding carboxylic acids is 1. The maximum absolute atomic E-state index is 11.8. The van der Waals surface area contributed by atoms with E-state index < -0.39 is 0 Å². The van der Waals surface area contributed by atoms with Crippen molar-refractivity contribution in [1.82, 2.24) is 5.32 Å². The van der Waals surface area contributed by atoms with Gasteiger partial charge in [0.25, 0.3) is 5.91 Å². The average molecular weight is 272 g/mol. The molecule has 0 atom stereocenters. The molecule has 0 aliphatic carbocycles. The van der Waals surface area contributed by atoms with Gasteiger partial charge in [-0.3, -0.25) is 4.79 Å². The minimum absolute atomic E-state index is 0.130. The van der Waals surface area contributed by atoms with E-state index in [1.54, 1.807) is 18.2 Å². The molecule has 4 heteroatoms. The summed E-state index contributed by atoms with van der Waals surface area (Å²) in [7, 11) is 0. The van der Waals surface area contributed by atoms with Crippen LogP contribution in [0, 0.1) is 5.92 Å². The van der Waals surface area contributed by atoms with E-state index in [0.29, 0.717) is 23.0 Å². The van der Waals surface area contributed by atoms with Crippen molar-refractivity contribution in [2.45, 2.75) is 31.6 Å². The normalized spacial score (nSPS) is 10.6. The van der Waals surface area contributed by atoms with Crippen LogP contribution in [0.3, 0.4) is 0 Å². The molecule has 0 bridgehead atoms. The summed E-state index contributed by atoms with van der Waals surface area (Å²) >= 11 is 10.2. The average Bonchev–Trinajstić information content (AvgIpc) is 2.27. The molecule has 0 heterocycles. The summed E-state index contributed by atoms with van der Waals surface area (Å²) < 4.78 is 0. The molecule has 17 heavy (non-hydrogen) atoms. The van der Waals surface area contributed by atoms with E-state index in [1.807, 2.05) is 0 Å². The van der Waals surface area contributed by atoms with Crippen LogP contribution in [0.5, 0.6) is 0 Å². The monoisotopic (exact) mass is 271 g/mol. The van der Waals surface area contributed by atoms with Gasteiger partial charge in [0.2, 0.25) is 0 Å². The fraction of sp³-hybridized carbons (Fsp3) is 0.462. The molecule has 94 valence electrons. The lowest BCUT2D eigenvalue weighted by Gasteiger charge is -2.08. The third kappa shape index (κ3) is 5.00. The molecule has 0 saturated heterocycles. The molecular formula is C13H18ClNOS. The number of hydrogen-bond donors (Lipinski definition) is 2. The lowest BCUT2D eigenvalue weighted by molar-refractivity contribution is 0.0952. The van der Waals surface area contributed by atoms with E-state index in [2.05, 4.69) is 31.8 Å². The lowest BCUT2D eigenvalue weighted by atomic mass is 10.1. The minimum atomic E-state index is -0.130. The first kappa shape index (κ1) is 14.4. The van der Waals surface area contributed by atoms with Crippen LogP contribution in [-0.2, 0) is 0 Å². The van der Waals surface area contributed by atoms with E-state index >= 15 is 0 Å². The van der Waals surface area contributed by atoms with E-state index in [-0.39, 0.29) is 5.91 Å². The second-order valence-corrected chi connectivity index (χ2v) is 5.38. The number of rotatable bonds is 5. The fourth-order valence-corrected chi connectivity index (χ4v) is 1.90. The Labute approximate surface area is 113 Å². The SMILES string of the molecule is CC(C)CCCNC(=O)c1cc(S)ccc1Cl. The molecule has 2 nitrogen and oxygen atoms in total. The standard InChI is InChI=1S/C13H18ClNOS/c1-9(2)4-3-7-15-13(16)11-8-10(17)5-6-12(11)14/h5-6,8-9,17H,3-4,7H2,1-2H3,(H,15,16). The summed E-state index contributed by atoms with van der Waals surface area (Å²) in [4.78, 5) is 12.6. The molecule has 0 fully saturated rings. The van der Waals surface area contributed by atoms with Crippen molar-refractivity contribution in [1.29, 1.82) is 0 Å². The molecule has 0 radical (unpaired) electrons. The van der Waals surface area contributed by atoms with Crippen LogP contribution in [-0.4, -0.2) is 12.5 Å². The van der Waals surface area contributed by atoms with Gasteiger partial charge in [0.1, 0.15) is 0 Å². The number of carbonyl (C=O) groups is 1. The van der Waals surface area contributed by atoms with Crippen LogP contribution in [0.1, 0.15) is 37.0 Å². The molecule has 1 N–H and O–H groups in total. The minimum Gasteiger partial charge on any atom is -0.352 e. The van der Waals surface area contributed by atoms with Crippen LogP contribution in [0.15, 0.2) is 23.1 Å². The van der Waals surface area contributed by atoms with Gasteiger partial charge in [0, 0.05) is 11.4 Å². The Kier molecular flexibility index (Phi) is 5.86. The van der Waals surface area contributed by atoms with Crippen LogP contribution in [0.25, 0.3) is 0 Å². The number of hydrogen-bond acceptors (Lipinski definition) is 2. The molecule has 0 unspecified atom stereocenters. The summed E-state index contributed by atoms with van der Waals surface area (Å²) in [5.74, 6) is 0.533. The molecule has 0 aliphatic heterocycles. The Hall–Kier alpha value is -0.670. The highest BCUT2D eigenvalue weighted by Crippen LogP contribution is 2.19. The van der Waals surface area contributed by atoms with Crippen LogP contribution < -0.4 is 5.32 Å². The maximum Gasteiger partial charge on any atom is 0.252 e. The van der Waals surface area contributed by atoms with Gasteiger partial charge in [-0.1, -0.05) is 25.4 Å². The van der Waals surface area contributed by atoms with Crippen molar-refractivity contribution >= 4 is 30.1 Å². The Morgan fingerprint density at radius 1 is 1.47 bits per heavy atom. The Bertz CT molecular complexity index is 393. The third-order valence-corrected chi connectivity index (χ3v) is 3.05. The summed E-state index contributed by atoms with van der Waals surface area (Å²) in [5.41, 5.74) is 0.490. The van der Waals surface area contributed by atoms with Crippen molar-refractivity contribution in [2.24, 2.45) is 5.92 Å². The van der Waals surface area contributed by atoms with E-state index in [4.69, 9.17) is 11.6 Å². The van der Waals surface area contributed by atoms with Crippen molar-refractivity contribution in [3.8, 4) is 0 Å². The van der Waals surface area contributed by atoms with Crippen LogP contribution >= 0.6 is 24.2 Å². The second-order valence-electron chi connectivity index (χ2n) is 4.46. The smallest absolute Gasteiger partial charge is 0.252 e. The number of amides is 1. The Morgan fingerprint density at radius 2 is 2.18 bits per heavy atom. The number of thiol groups is 1. The highest BCUT2D eigenvalue weighted by atomic mass is 35.5. The van der Waals surface area contributed by atoms with Gasteiger partial charge < -0.3 is 5.32 Å². The molecule has 0 spiro atoms. The first-order valence-electron chi connectivity index (χ1n) is 5.77. The Balaban J connectivity index is 2.49. The zero-order chi connectivity index (χ0) is 12.8. The van der Waals surface area contributed by atoms with Gasteiger partial charge in [-0.2, -0.15) is 0 Å². The number of benzene rings is 1. The molecule has 1 aromatic carbocycles. The van der Waals surface area contributed by atoms with Gasteiger partial charge in [-0.25, -0.2) is 0 Å². The van der Waals surface area contributed by atoms with Crippen molar-refractivity contribution in [3.63, 3.8) is 0 Å². The summed E-state index contributed by atoms with van der Waals surface area (Å²) in [6, 6.07) is 5.14. The predicted octanol–water partition coefficient (Wildman–Crippen LogP) is 3.79. The highest BCUT2D eigenvalue weighted by molar-refractivity contribution is 7.80. The first-order valence-corrected chi connectivity index (χ1v) is 6.60. The van der Waals surface area contributed by atoms with Crippen LogP contribution in [0.2, 0.25) is 5.02 Å². The largest absolute Gasteiger partial charge is 0.352 e. The van der Waals surface area contributed by atoms with Gasteiger partial charge in [0.05, 0.1) is 10.6 Å². The van der Waals surface area contributed by atoms with Crippen LogP contribution in [0.4, 0.5) is 0 Å². The Morgan fingerprint density at radius 3 is 2.82 bits per heavy atom. The molecular weight excluding hydrogens is 254 g/mol. The van der Waals surface area contributed by atoms with Gasteiger partial charge in [0.15, 0.2) is 0 Å². The zero-order valence-corrected chi connectivity index (χ0v) is 11.8. The lowest BCUT2D eigenvalue weighted by Crippen LogP contribution is -2.25. The summed E-state index contributed by atoms with van der Waals surface area (Å²) in [6.07, 6.45) is 2.10. The molecule has 0 aromatic heterocycles. The number of nitrogens with one attached hydrogen (secondary N) is 1. The predicted molar refractivity (Wildman–Crippen MR) is 75.1 cm³/mol. The molecule has 1 rings (SSSR count). The van der Waals surface area contributed by atoms with Gasteiger partial charge in [-0.15, -0.1) is 12.6 Å². The van der Waals surface area contributed by atoms with E-state index in [1.165, 1.54) is 0 Å². The fourth-order valence-electron chi connectivity index (χ4n) is 1.49. The van der Waals surface area contributed by atoms with Crippen molar-refractivity contribution in [3.05, 3.63) is 28.8 Å². The molecule has 1 amide bonds. The third-order valence-electron chi connectivity index (χ3n) is 2.44. The topological polar surface area (TPSA) is 29.1 Å². The summed E-state index contributed by atoms with van der Waals surface area (Å²) in [6.45, 7) is 5.02. The van der Waals surface area contributed by atoms with Gasteiger partial charge >= 0.3 is 0 Å². The van der Waals surface area contributed by atoms with E-state index in [0.717, 1.165) is 17.7 Å². The second kappa shape index (κ2) is 6.92. The van der Waals surface area contributed by atoms with Gasteiger partial charge in [-0.05, 0) is 37.0 Å². The maximum atomic E-state index is 11.8. The number of halogens is 1. The van der Waals surface area contributed by atoms with Crippen molar-refractivity contribution < 1.29 is 4.79 Å². The molecule has 0 aliphatic rings.